The summed E-state index contributed by atoms with van der Waals surface area (Å²) >= 11 is 0. The fourth-order valence-electron chi connectivity index (χ4n) is 3.18. The van der Waals surface area contributed by atoms with Gasteiger partial charge in [0.05, 0.1) is 12.3 Å². The lowest BCUT2D eigenvalue weighted by atomic mass is 10.1. The van der Waals surface area contributed by atoms with E-state index in [4.69, 9.17) is 4.74 Å². The summed E-state index contributed by atoms with van der Waals surface area (Å²) in [5.74, 6) is -0.979. The lowest BCUT2D eigenvalue weighted by molar-refractivity contribution is -0.145. The molecule has 0 saturated carbocycles. The minimum absolute atomic E-state index is 0.0979. The summed E-state index contributed by atoms with van der Waals surface area (Å²) in [7, 11) is 0. The largest absolute Gasteiger partial charge is 0.484 e. The molecule has 1 aliphatic heterocycles. The first-order valence-corrected chi connectivity index (χ1v) is 10.2. The van der Waals surface area contributed by atoms with E-state index in [0.29, 0.717) is 24.4 Å². The van der Waals surface area contributed by atoms with Gasteiger partial charge in [0.15, 0.2) is 6.61 Å². The smallest absolute Gasteiger partial charge is 0.329 e. The Labute approximate surface area is 181 Å². The lowest BCUT2D eigenvalue weighted by Gasteiger charge is -2.14. The number of hydrazone groups is 1. The molecular formula is C23H26N4O4. The molecule has 3 rings (SSSR count). The zero-order valence-electron chi connectivity index (χ0n) is 17.4. The highest BCUT2D eigenvalue weighted by atomic mass is 16.5. The van der Waals surface area contributed by atoms with Crippen LogP contribution in [0, 0.1) is 0 Å². The van der Waals surface area contributed by atoms with Crippen LogP contribution in [0.15, 0.2) is 59.7 Å². The average molecular weight is 422 g/mol. The number of hydrogen-bond donors (Lipinski definition) is 2. The minimum atomic E-state index is -0.742. The predicted octanol–water partition coefficient (Wildman–Crippen LogP) is 2.02. The van der Waals surface area contributed by atoms with Crippen LogP contribution in [0.25, 0.3) is 0 Å². The van der Waals surface area contributed by atoms with Crippen molar-refractivity contribution in [3.8, 4) is 5.75 Å². The van der Waals surface area contributed by atoms with Gasteiger partial charge in [0.25, 0.3) is 5.91 Å². The van der Waals surface area contributed by atoms with Gasteiger partial charge in [-0.15, -0.1) is 0 Å². The third-order valence-corrected chi connectivity index (χ3v) is 4.89. The van der Waals surface area contributed by atoms with E-state index in [1.807, 2.05) is 37.3 Å². The molecule has 8 heteroatoms. The summed E-state index contributed by atoms with van der Waals surface area (Å²) in [6.45, 7) is 3.04. The van der Waals surface area contributed by atoms with Crippen molar-refractivity contribution in [1.82, 2.24) is 15.6 Å². The fraction of sp³-hybridized carbons (Fsp3) is 0.304. The summed E-state index contributed by atoms with van der Waals surface area (Å²) < 4.78 is 5.51. The zero-order chi connectivity index (χ0) is 22.1. The van der Waals surface area contributed by atoms with Crippen molar-refractivity contribution in [1.29, 1.82) is 0 Å². The van der Waals surface area contributed by atoms with Gasteiger partial charge in [-0.05, 0) is 55.2 Å². The van der Waals surface area contributed by atoms with Crippen molar-refractivity contribution in [3.63, 3.8) is 0 Å². The first-order valence-electron chi connectivity index (χ1n) is 10.2. The second-order valence-electron chi connectivity index (χ2n) is 7.26. The normalized spacial score (nSPS) is 14.3. The van der Waals surface area contributed by atoms with Crippen LogP contribution in [0.3, 0.4) is 0 Å². The Morgan fingerprint density at radius 3 is 2.42 bits per heavy atom. The zero-order valence-corrected chi connectivity index (χ0v) is 17.4. The van der Waals surface area contributed by atoms with Crippen molar-refractivity contribution in [2.75, 3.05) is 19.7 Å². The molecule has 0 aromatic heterocycles. The predicted molar refractivity (Wildman–Crippen MR) is 116 cm³/mol. The van der Waals surface area contributed by atoms with Gasteiger partial charge in [0.2, 0.25) is 0 Å². The van der Waals surface area contributed by atoms with E-state index in [1.54, 1.807) is 24.3 Å². The van der Waals surface area contributed by atoms with Gasteiger partial charge in [-0.1, -0.05) is 30.3 Å². The quantitative estimate of drug-likeness (QED) is 0.405. The van der Waals surface area contributed by atoms with E-state index in [-0.39, 0.29) is 18.6 Å². The van der Waals surface area contributed by atoms with Crippen LogP contribution >= 0.6 is 0 Å². The lowest BCUT2D eigenvalue weighted by Crippen LogP contribution is -2.39. The Morgan fingerprint density at radius 1 is 1.06 bits per heavy atom. The third kappa shape index (κ3) is 6.67. The number of carbonyl (C=O) groups excluding carboxylic acids is 3. The molecule has 2 aromatic carbocycles. The van der Waals surface area contributed by atoms with E-state index in [2.05, 4.69) is 15.8 Å². The van der Waals surface area contributed by atoms with Gasteiger partial charge < -0.3 is 15.0 Å². The number of hydrogen-bond acceptors (Lipinski definition) is 5. The summed E-state index contributed by atoms with van der Waals surface area (Å²) in [6, 6.07) is 16.5. The molecule has 0 aliphatic carbocycles. The maximum atomic E-state index is 12.1. The van der Waals surface area contributed by atoms with E-state index in [9.17, 15) is 14.4 Å². The fourth-order valence-corrected chi connectivity index (χ4v) is 3.18. The van der Waals surface area contributed by atoms with Crippen LogP contribution in [-0.4, -0.2) is 48.5 Å². The minimum Gasteiger partial charge on any atom is -0.484 e. The molecule has 3 amide bonds. The number of ether oxygens (including phenoxy) is 1. The molecule has 8 nitrogen and oxygen atoms in total. The molecule has 1 fully saturated rings. The Kier molecular flexibility index (Phi) is 7.75. The summed E-state index contributed by atoms with van der Waals surface area (Å²) in [6.07, 6.45) is 3.28. The monoisotopic (exact) mass is 422 g/mol. The van der Waals surface area contributed by atoms with Crippen molar-refractivity contribution in [2.24, 2.45) is 5.10 Å². The van der Waals surface area contributed by atoms with Crippen LogP contribution in [0.4, 0.5) is 0 Å². The maximum Gasteiger partial charge on any atom is 0.329 e. The van der Waals surface area contributed by atoms with Crippen LogP contribution in [0.5, 0.6) is 5.75 Å². The van der Waals surface area contributed by atoms with Crippen molar-refractivity contribution >= 4 is 23.9 Å². The first kappa shape index (κ1) is 22.0. The standard InChI is InChI=1S/C23H26N4O4/c1-17(19-7-3-2-4-8-19)25-21(28)16-31-20-11-9-18(10-12-20)15-24-26-22(29)23(30)27-13-5-6-14-27/h2-4,7-12,15,17H,5-6,13-14,16H2,1H3,(H,25,28)(H,26,29). The van der Waals surface area contributed by atoms with Crippen LogP contribution in [-0.2, 0) is 14.4 Å². The van der Waals surface area contributed by atoms with Gasteiger partial charge in [-0.2, -0.15) is 5.10 Å². The van der Waals surface area contributed by atoms with Crippen molar-refractivity contribution in [3.05, 3.63) is 65.7 Å². The molecule has 1 heterocycles. The molecule has 0 bridgehead atoms. The summed E-state index contributed by atoms with van der Waals surface area (Å²) in [4.78, 5) is 37.3. The van der Waals surface area contributed by atoms with Gasteiger partial charge in [-0.25, -0.2) is 5.43 Å². The number of likely N-dealkylation sites (tertiary alicyclic amines) is 1. The van der Waals surface area contributed by atoms with Crippen molar-refractivity contribution < 1.29 is 19.1 Å². The van der Waals surface area contributed by atoms with Crippen molar-refractivity contribution in [2.45, 2.75) is 25.8 Å². The van der Waals surface area contributed by atoms with Gasteiger partial charge >= 0.3 is 11.8 Å². The molecule has 31 heavy (non-hydrogen) atoms. The molecule has 0 spiro atoms. The number of amides is 3. The van der Waals surface area contributed by atoms with E-state index in [0.717, 1.165) is 18.4 Å². The topological polar surface area (TPSA) is 100 Å². The SMILES string of the molecule is CC(NC(=O)COc1ccc(C=NNC(=O)C(=O)N2CCCC2)cc1)c1ccccc1. The van der Waals surface area contributed by atoms with E-state index < -0.39 is 11.8 Å². The Balaban J connectivity index is 1.41. The molecular weight excluding hydrogens is 396 g/mol. The molecule has 0 radical (unpaired) electrons. The molecule has 1 unspecified atom stereocenters. The van der Waals surface area contributed by atoms with Crippen LogP contribution < -0.4 is 15.5 Å². The van der Waals surface area contributed by atoms with Crippen LogP contribution in [0.2, 0.25) is 0 Å². The van der Waals surface area contributed by atoms with Crippen LogP contribution in [0.1, 0.15) is 36.9 Å². The molecule has 1 atom stereocenters. The second kappa shape index (κ2) is 10.9. The third-order valence-electron chi connectivity index (χ3n) is 4.89. The van der Waals surface area contributed by atoms with Gasteiger partial charge in [0.1, 0.15) is 5.75 Å². The number of benzene rings is 2. The van der Waals surface area contributed by atoms with Gasteiger partial charge in [0, 0.05) is 13.1 Å². The molecule has 1 saturated heterocycles. The van der Waals surface area contributed by atoms with E-state index in [1.165, 1.54) is 11.1 Å². The summed E-state index contributed by atoms with van der Waals surface area (Å²) in [5.41, 5.74) is 3.98. The number of nitrogens with zero attached hydrogens (tertiary/aromatic N) is 2. The highest BCUT2D eigenvalue weighted by molar-refractivity contribution is 6.35. The maximum absolute atomic E-state index is 12.1. The Bertz CT molecular complexity index is 922. The highest BCUT2D eigenvalue weighted by Gasteiger charge is 2.23. The first-order chi connectivity index (χ1) is 15.0. The Hall–Kier alpha value is -3.68. The highest BCUT2D eigenvalue weighted by Crippen LogP contribution is 2.13. The summed E-state index contributed by atoms with van der Waals surface area (Å²) in [5, 5.41) is 6.71. The molecule has 2 N–H and O–H groups in total. The average Bonchev–Trinajstić information content (AvgIpc) is 3.33. The molecule has 1 aliphatic rings. The second-order valence-corrected chi connectivity index (χ2v) is 7.26. The number of rotatable bonds is 7. The number of carbonyl (C=O) groups is 3. The molecule has 2 aromatic rings. The van der Waals surface area contributed by atoms with Gasteiger partial charge in [-0.3, -0.25) is 14.4 Å². The van der Waals surface area contributed by atoms with E-state index >= 15 is 0 Å². The molecule has 162 valence electrons. The number of nitrogens with one attached hydrogen (secondary N) is 2. The Morgan fingerprint density at radius 2 is 1.74 bits per heavy atom.